The molecule has 0 aliphatic carbocycles. The molecule has 1 N–H and O–H groups in total. The third-order valence-electron chi connectivity index (χ3n) is 6.43. The van der Waals surface area contributed by atoms with E-state index in [1.54, 1.807) is 0 Å². The molecular formula is C20H27N3O2. The molecule has 1 aromatic carbocycles. The molecular weight excluding hydrogens is 314 g/mol. The van der Waals surface area contributed by atoms with Crippen LogP contribution in [0.3, 0.4) is 0 Å². The average molecular weight is 341 g/mol. The van der Waals surface area contributed by atoms with Crippen molar-refractivity contribution in [2.75, 3.05) is 11.9 Å². The fraction of sp³-hybridized carbons (Fsp3) is 0.600. The first kappa shape index (κ1) is 16.6. The van der Waals surface area contributed by atoms with Crippen molar-refractivity contribution in [3.63, 3.8) is 0 Å². The van der Waals surface area contributed by atoms with E-state index in [-0.39, 0.29) is 18.0 Å². The molecule has 0 saturated carbocycles. The van der Waals surface area contributed by atoms with Gasteiger partial charge >= 0.3 is 6.03 Å². The molecule has 2 fully saturated rings. The fourth-order valence-corrected chi connectivity index (χ4v) is 4.88. The van der Waals surface area contributed by atoms with Gasteiger partial charge in [0.15, 0.2) is 0 Å². The van der Waals surface area contributed by atoms with Crippen LogP contribution in [-0.4, -0.2) is 42.0 Å². The number of carbonyl (C=O) groups is 2. The largest absolute Gasteiger partial charge is 0.334 e. The zero-order chi connectivity index (χ0) is 17.8. The van der Waals surface area contributed by atoms with Gasteiger partial charge < -0.3 is 10.2 Å². The summed E-state index contributed by atoms with van der Waals surface area (Å²) in [5, 5.41) is 3.16. The van der Waals surface area contributed by atoms with Gasteiger partial charge in [0.2, 0.25) is 5.91 Å². The number of benzene rings is 1. The summed E-state index contributed by atoms with van der Waals surface area (Å²) in [6.45, 7) is 3.78. The highest BCUT2D eigenvalue weighted by molar-refractivity contribution is 6.22. The monoisotopic (exact) mass is 341 g/mol. The highest BCUT2D eigenvalue weighted by Gasteiger charge is 2.47. The van der Waals surface area contributed by atoms with Crippen LogP contribution >= 0.6 is 0 Å². The summed E-state index contributed by atoms with van der Waals surface area (Å²) in [6.07, 6.45) is 5.65. The van der Waals surface area contributed by atoms with E-state index in [1.807, 2.05) is 38.1 Å². The Morgan fingerprint density at radius 1 is 1.16 bits per heavy atom. The second-order valence-corrected chi connectivity index (χ2v) is 8.30. The van der Waals surface area contributed by atoms with Crippen molar-refractivity contribution in [2.45, 2.75) is 69.5 Å². The second kappa shape index (κ2) is 5.84. The van der Waals surface area contributed by atoms with E-state index in [2.05, 4.69) is 17.3 Å². The Morgan fingerprint density at radius 2 is 1.80 bits per heavy atom. The third kappa shape index (κ3) is 2.56. The molecule has 1 aromatic rings. The SMILES string of the molecule is CN1C2CCCC1CC(NC(=O)N1C(=O)C(C)(C)c3ccccc31)C2. The Kier molecular flexibility index (Phi) is 3.87. The zero-order valence-electron chi connectivity index (χ0n) is 15.3. The molecule has 2 atom stereocenters. The molecule has 3 aliphatic rings. The van der Waals surface area contributed by atoms with Crippen molar-refractivity contribution in [3.05, 3.63) is 29.8 Å². The number of nitrogens with one attached hydrogen (secondary N) is 1. The second-order valence-electron chi connectivity index (χ2n) is 8.30. The number of imide groups is 1. The van der Waals surface area contributed by atoms with E-state index in [1.165, 1.54) is 24.2 Å². The van der Waals surface area contributed by atoms with Crippen LogP contribution in [-0.2, 0) is 10.2 Å². The number of nitrogens with zero attached hydrogens (tertiary/aromatic N) is 2. The lowest BCUT2D eigenvalue weighted by atomic mass is 9.82. The number of rotatable bonds is 1. The van der Waals surface area contributed by atoms with E-state index in [0.717, 1.165) is 24.1 Å². The third-order valence-corrected chi connectivity index (χ3v) is 6.43. The summed E-state index contributed by atoms with van der Waals surface area (Å²) in [6, 6.07) is 8.61. The number of para-hydroxylation sites is 1. The first-order valence-electron chi connectivity index (χ1n) is 9.36. The van der Waals surface area contributed by atoms with Crippen molar-refractivity contribution in [2.24, 2.45) is 0 Å². The molecule has 5 nitrogen and oxygen atoms in total. The van der Waals surface area contributed by atoms with Gasteiger partial charge in [0.05, 0.1) is 11.1 Å². The summed E-state index contributed by atoms with van der Waals surface area (Å²) < 4.78 is 0. The minimum absolute atomic E-state index is 0.140. The fourth-order valence-electron chi connectivity index (χ4n) is 4.88. The van der Waals surface area contributed by atoms with E-state index in [9.17, 15) is 9.59 Å². The Hall–Kier alpha value is -1.88. The van der Waals surface area contributed by atoms with Crippen LogP contribution in [0.15, 0.2) is 24.3 Å². The minimum Gasteiger partial charge on any atom is -0.334 e. The van der Waals surface area contributed by atoms with Crippen LogP contribution in [0, 0.1) is 0 Å². The molecule has 25 heavy (non-hydrogen) atoms. The Labute approximate surface area is 149 Å². The maximum absolute atomic E-state index is 13.0. The number of carbonyl (C=O) groups excluding carboxylic acids is 2. The average Bonchev–Trinajstić information content (AvgIpc) is 2.76. The van der Waals surface area contributed by atoms with Crippen LogP contribution in [0.1, 0.15) is 51.5 Å². The minimum atomic E-state index is -0.656. The highest BCUT2D eigenvalue weighted by atomic mass is 16.2. The van der Waals surface area contributed by atoms with Crippen molar-refractivity contribution in [3.8, 4) is 0 Å². The van der Waals surface area contributed by atoms with Gasteiger partial charge in [0, 0.05) is 18.1 Å². The van der Waals surface area contributed by atoms with Crippen molar-refractivity contribution >= 4 is 17.6 Å². The zero-order valence-corrected chi connectivity index (χ0v) is 15.3. The summed E-state index contributed by atoms with van der Waals surface area (Å²) in [5.74, 6) is -0.140. The van der Waals surface area contributed by atoms with Crippen molar-refractivity contribution < 1.29 is 9.59 Å². The van der Waals surface area contributed by atoms with Crippen molar-refractivity contribution in [1.29, 1.82) is 0 Å². The predicted molar refractivity (Wildman–Crippen MR) is 97.7 cm³/mol. The first-order valence-corrected chi connectivity index (χ1v) is 9.36. The quantitative estimate of drug-likeness (QED) is 0.854. The molecule has 5 heteroatoms. The number of piperidine rings is 2. The molecule has 0 radical (unpaired) electrons. The van der Waals surface area contributed by atoms with Crippen LogP contribution in [0.4, 0.5) is 10.5 Å². The lowest BCUT2D eigenvalue weighted by Crippen LogP contribution is -2.57. The van der Waals surface area contributed by atoms with Gasteiger partial charge in [-0.1, -0.05) is 24.6 Å². The van der Waals surface area contributed by atoms with Crippen LogP contribution < -0.4 is 10.2 Å². The summed E-state index contributed by atoms with van der Waals surface area (Å²) in [4.78, 5) is 29.7. The van der Waals surface area contributed by atoms with E-state index < -0.39 is 5.41 Å². The summed E-state index contributed by atoms with van der Waals surface area (Å²) in [7, 11) is 2.20. The lowest BCUT2D eigenvalue weighted by molar-refractivity contribution is -0.121. The van der Waals surface area contributed by atoms with E-state index >= 15 is 0 Å². The maximum atomic E-state index is 13.0. The maximum Gasteiger partial charge on any atom is 0.329 e. The van der Waals surface area contributed by atoms with Gasteiger partial charge in [-0.2, -0.15) is 0 Å². The molecule has 4 rings (SSSR count). The molecule has 2 bridgehead atoms. The van der Waals surface area contributed by atoms with Crippen LogP contribution in [0.5, 0.6) is 0 Å². The number of fused-ring (bicyclic) bond motifs is 3. The number of hydrogen-bond donors (Lipinski definition) is 1. The standard InChI is InChI=1S/C20H27N3O2/c1-20(2)16-9-4-5-10-17(16)23(18(20)24)19(25)21-13-11-14-7-6-8-15(12-13)22(14)3/h4-5,9-10,13-15H,6-8,11-12H2,1-3H3,(H,21,25). The lowest BCUT2D eigenvalue weighted by Gasteiger charge is -2.47. The van der Waals surface area contributed by atoms with Gasteiger partial charge in [0.1, 0.15) is 0 Å². The van der Waals surface area contributed by atoms with E-state index in [0.29, 0.717) is 12.1 Å². The van der Waals surface area contributed by atoms with Crippen molar-refractivity contribution in [1.82, 2.24) is 10.2 Å². The summed E-state index contributed by atoms with van der Waals surface area (Å²) in [5.41, 5.74) is 0.996. The Bertz CT molecular complexity index is 701. The highest BCUT2D eigenvalue weighted by Crippen LogP contribution is 2.41. The molecule has 0 aromatic heterocycles. The molecule has 3 aliphatic heterocycles. The number of amides is 3. The first-order chi connectivity index (χ1) is 11.9. The van der Waals surface area contributed by atoms with Gasteiger partial charge in [-0.3, -0.25) is 4.79 Å². The van der Waals surface area contributed by atoms with Gasteiger partial charge in [0.25, 0.3) is 0 Å². The molecule has 2 unspecified atom stereocenters. The smallest absolute Gasteiger partial charge is 0.329 e. The molecule has 0 spiro atoms. The molecule has 3 heterocycles. The molecule has 3 amide bonds. The number of hydrogen-bond acceptors (Lipinski definition) is 3. The molecule has 2 saturated heterocycles. The van der Waals surface area contributed by atoms with Gasteiger partial charge in [-0.25, -0.2) is 9.69 Å². The summed E-state index contributed by atoms with van der Waals surface area (Å²) >= 11 is 0. The predicted octanol–water partition coefficient (Wildman–Crippen LogP) is 3.04. The van der Waals surface area contributed by atoms with Gasteiger partial charge in [-0.15, -0.1) is 0 Å². The van der Waals surface area contributed by atoms with Crippen LogP contribution in [0.2, 0.25) is 0 Å². The molecule has 134 valence electrons. The van der Waals surface area contributed by atoms with E-state index in [4.69, 9.17) is 0 Å². The Morgan fingerprint density at radius 3 is 2.48 bits per heavy atom. The number of anilines is 1. The topological polar surface area (TPSA) is 52.7 Å². The number of urea groups is 1. The van der Waals surface area contributed by atoms with Crippen LogP contribution in [0.25, 0.3) is 0 Å². The Balaban J connectivity index is 1.53. The normalized spacial score (nSPS) is 30.9. The van der Waals surface area contributed by atoms with Gasteiger partial charge in [-0.05, 0) is 58.2 Å².